The van der Waals surface area contributed by atoms with E-state index < -0.39 is 0 Å². The quantitative estimate of drug-likeness (QED) is 0.660. The molecule has 0 amide bonds. The lowest BCUT2D eigenvalue weighted by Crippen LogP contribution is -2.44. The second kappa shape index (κ2) is 7.31. The van der Waals surface area contributed by atoms with Crippen molar-refractivity contribution in [2.75, 3.05) is 26.7 Å². The minimum absolute atomic E-state index is 0.0966. The number of likely N-dealkylation sites (tertiary alicyclic amines) is 1. The third-order valence-corrected chi connectivity index (χ3v) is 6.17. The van der Waals surface area contributed by atoms with Crippen molar-refractivity contribution < 1.29 is 0 Å². The Morgan fingerprint density at radius 1 is 1.31 bits per heavy atom. The summed E-state index contributed by atoms with van der Waals surface area (Å²) in [6.45, 7) is 2.98. The van der Waals surface area contributed by atoms with Crippen molar-refractivity contribution in [2.45, 2.75) is 31.7 Å². The van der Waals surface area contributed by atoms with Gasteiger partial charge in [0, 0.05) is 44.1 Å². The van der Waals surface area contributed by atoms with Gasteiger partial charge in [-0.2, -0.15) is 5.10 Å². The van der Waals surface area contributed by atoms with Crippen LogP contribution in [0.3, 0.4) is 0 Å². The molecule has 1 N–H and O–H groups in total. The number of nitrogens with zero attached hydrogens (tertiary/aromatic N) is 4. The molecule has 2 aromatic rings. The lowest BCUT2D eigenvalue weighted by molar-refractivity contribution is 0.151. The molecule has 1 aliphatic carbocycles. The first-order chi connectivity index (χ1) is 12.7. The first-order valence-corrected chi connectivity index (χ1v) is 9.77. The number of aliphatic imine (C=N–C) groups is 1. The van der Waals surface area contributed by atoms with E-state index in [1.165, 1.54) is 31.2 Å². The summed E-state index contributed by atoms with van der Waals surface area (Å²) in [5, 5.41) is 8.78. The Kier molecular flexibility index (Phi) is 4.90. The molecule has 2 fully saturated rings. The molecule has 1 unspecified atom stereocenters. The molecule has 1 saturated heterocycles. The second-order valence-corrected chi connectivity index (χ2v) is 7.94. The Hall–Kier alpha value is -2.01. The van der Waals surface area contributed by atoms with Crippen LogP contribution in [0.15, 0.2) is 47.7 Å². The largest absolute Gasteiger partial charge is 0.354 e. The Morgan fingerprint density at radius 2 is 2.12 bits per heavy atom. The lowest BCUT2D eigenvalue weighted by atomic mass is 9.68. The van der Waals surface area contributed by atoms with Gasteiger partial charge in [0.1, 0.15) is 0 Å². The molecule has 1 aliphatic heterocycles. The van der Waals surface area contributed by atoms with E-state index in [0.29, 0.717) is 5.41 Å². The summed E-state index contributed by atoms with van der Waals surface area (Å²) < 4.78 is 1.99. The summed E-state index contributed by atoms with van der Waals surface area (Å²) in [4.78, 5) is 6.95. The molecule has 5 nitrogen and oxygen atoms in total. The average molecular weight is 372 g/mol. The minimum Gasteiger partial charge on any atom is -0.354 e. The van der Waals surface area contributed by atoms with E-state index in [-0.39, 0.29) is 6.04 Å². The summed E-state index contributed by atoms with van der Waals surface area (Å²) >= 11 is 6.06. The lowest BCUT2D eigenvalue weighted by Gasteiger charge is -2.38. The highest BCUT2D eigenvalue weighted by Gasteiger charge is 2.43. The molecule has 2 aliphatic rings. The van der Waals surface area contributed by atoms with E-state index in [1.807, 2.05) is 42.3 Å². The van der Waals surface area contributed by atoms with Crippen LogP contribution in [-0.4, -0.2) is 47.3 Å². The van der Waals surface area contributed by atoms with E-state index in [2.05, 4.69) is 32.4 Å². The number of nitrogens with one attached hydrogen (secondary N) is 1. The highest BCUT2D eigenvalue weighted by molar-refractivity contribution is 6.30. The summed E-state index contributed by atoms with van der Waals surface area (Å²) in [5.74, 6) is 1.000. The monoisotopic (exact) mass is 371 g/mol. The molecule has 1 spiro atoms. The van der Waals surface area contributed by atoms with Gasteiger partial charge in [-0.3, -0.25) is 9.67 Å². The molecule has 4 rings (SSSR count). The maximum Gasteiger partial charge on any atom is 0.193 e. The molecule has 0 radical (unpaired) electrons. The minimum atomic E-state index is 0.0966. The van der Waals surface area contributed by atoms with Gasteiger partial charge in [-0.05, 0) is 48.4 Å². The highest BCUT2D eigenvalue weighted by atomic mass is 35.5. The van der Waals surface area contributed by atoms with Gasteiger partial charge in [-0.25, -0.2) is 0 Å². The number of guanidine groups is 1. The summed E-state index contributed by atoms with van der Waals surface area (Å²) in [5.41, 5.74) is 1.74. The fraction of sp³-hybridized carbons (Fsp3) is 0.500. The Balaban J connectivity index is 1.46. The second-order valence-electron chi connectivity index (χ2n) is 7.51. The maximum absolute atomic E-state index is 6.06. The number of halogens is 1. The summed E-state index contributed by atoms with van der Waals surface area (Å²) in [6.07, 6.45) is 9.26. The number of rotatable bonds is 4. The van der Waals surface area contributed by atoms with Gasteiger partial charge in [0.2, 0.25) is 0 Å². The van der Waals surface area contributed by atoms with Crippen molar-refractivity contribution in [3.63, 3.8) is 0 Å². The van der Waals surface area contributed by atoms with E-state index in [0.717, 1.165) is 30.6 Å². The van der Waals surface area contributed by atoms with Crippen molar-refractivity contribution in [3.05, 3.63) is 53.3 Å². The van der Waals surface area contributed by atoms with Gasteiger partial charge in [-0.15, -0.1) is 0 Å². The number of benzene rings is 1. The first kappa shape index (κ1) is 17.4. The average Bonchev–Trinajstić information content (AvgIpc) is 3.30. The van der Waals surface area contributed by atoms with Crippen molar-refractivity contribution >= 4 is 17.6 Å². The van der Waals surface area contributed by atoms with Gasteiger partial charge in [-0.1, -0.05) is 30.2 Å². The number of hydrogen-bond donors (Lipinski definition) is 1. The molecule has 0 bridgehead atoms. The normalized spacial score (nSPS) is 20.2. The van der Waals surface area contributed by atoms with E-state index in [1.54, 1.807) is 0 Å². The van der Waals surface area contributed by atoms with Crippen LogP contribution in [0, 0.1) is 5.41 Å². The van der Waals surface area contributed by atoms with Gasteiger partial charge in [0.15, 0.2) is 5.96 Å². The van der Waals surface area contributed by atoms with Gasteiger partial charge in [0.05, 0.1) is 6.04 Å². The topological polar surface area (TPSA) is 45.5 Å². The SMILES string of the molecule is CN=C(NCC(c1ccc(Cl)cc1)n1cccn1)N1CCC2(CCC2)C1. The van der Waals surface area contributed by atoms with E-state index in [4.69, 9.17) is 11.6 Å². The van der Waals surface area contributed by atoms with Crippen LogP contribution in [0.2, 0.25) is 5.02 Å². The molecule has 6 heteroatoms. The van der Waals surface area contributed by atoms with Crippen LogP contribution >= 0.6 is 11.6 Å². The van der Waals surface area contributed by atoms with Gasteiger partial charge < -0.3 is 10.2 Å². The van der Waals surface area contributed by atoms with Crippen LogP contribution in [0.4, 0.5) is 0 Å². The standard InChI is InChI=1S/C20H26ClN5/c1-22-19(25-13-10-20(15-25)8-2-9-20)23-14-18(26-12-3-11-24-26)16-4-6-17(21)7-5-16/h3-7,11-12,18H,2,8-10,13-15H2,1H3,(H,22,23). The highest BCUT2D eigenvalue weighted by Crippen LogP contribution is 2.47. The summed E-state index contributed by atoms with van der Waals surface area (Å²) in [7, 11) is 1.87. The fourth-order valence-electron chi connectivity index (χ4n) is 4.24. The third kappa shape index (κ3) is 3.45. The third-order valence-electron chi connectivity index (χ3n) is 5.92. The van der Waals surface area contributed by atoms with Crippen molar-refractivity contribution in [2.24, 2.45) is 10.4 Å². The molecule has 26 heavy (non-hydrogen) atoms. The molecule has 1 atom stereocenters. The van der Waals surface area contributed by atoms with Gasteiger partial charge >= 0.3 is 0 Å². The van der Waals surface area contributed by atoms with Crippen molar-refractivity contribution in [1.82, 2.24) is 20.0 Å². The van der Waals surface area contributed by atoms with E-state index in [9.17, 15) is 0 Å². The maximum atomic E-state index is 6.06. The molecule has 1 aromatic heterocycles. The number of hydrogen-bond acceptors (Lipinski definition) is 2. The predicted octanol–water partition coefficient (Wildman–Crippen LogP) is 3.58. The first-order valence-electron chi connectivity index (χ1n) is 9.39. The van der Waals surface area contributed by atoms with Crippen LogP contribution in [0.25, 0.3) is 0 Å². The molecular formula is C20H26ClN5. The number of aromatic nitrogens is 2. The zero-order chi connectivity index (χ0) is 18.0. The summed E-state index contributed by atoms with van der Waals surface area (Å²) in [6, 6.07) is 10.1. The van der Waals surface area contributed by atoms with Crippen LogP contribution in [0.5, 0.6) is 0 Å². The smallest absolute Gasteiger partial charge is 0.193 e. The fourth-order valence-corrected chi connectivity index (χ4v) is 4.36. The predicted molar refractivity (Wildman–Crippen MR) is 106 cm³/mol. The van der Waals surface area contributed by atoms with E-state index >= 15 is 0 Å². The Morgan fingerprint density at radius 3 is 2.69 bits per heavy atom. The van der Waals surface area contributed by atoms with Crippen LogP contribution in [-0.2, 0) is 0 Å². The molecule has 138 valence electrons. The van der Waals surface area contributed by atoms with Gasteiger partial charge in [0.25, 0.3) is 0 Å². The molecule has 1 saturated carbocycles. The van der Waals surface area contributed by atoms with Crippen molar-refractivity contribution in [3.8, 4) is 0 Å². The Bertz CT molecular complexity index is 749. The van der Waals surface area contributed by atoms with Crippen molar-refractivity contribution in [1.29, 1.82) is 0 Å². The molecular weight excluding hydrogens is 346 g/mol. The Labute approximate surface area is 160 Å². The zero-order valence-electron chi connectivity index (χ0n) is 15.2. The van der Waals surface area contributed by atoms with Crippen LogP contribution < -0.4 is 5.32 Å². The van der Waals surface area contributed by atoms with Crippen LogP contribution in [0.1, 0.15) is 37.3 Å². The molecule has 2 heterocycles. The zero-order valence-corrected chi connectivity index (χ0v) is 16.0. The molecule has 1 aromatic carbocycles.